The van der Waals surface area contributed by atoms with Crippen molar-refractivity contribution in [2.45, 2.75) is 37.6 Å². The molecule has 1 amide bonds. The van der Waals surface area contributed by atoms with E-state index in [0.717, 1.165) is 44.6 Å². The van der Waals surface area contributed by atoms with Crippen molar-refractivity contribution in [3.63, 3.8) is 0 Å². The first-order valence-electron chi connectivity index (χ1n) is 8.01. The highest BCUT2D eigenvalue weighted by Gasteiger charge is 2.27. The van der Waals surface area contributed by atoms with E-state index in [1.165, 1.54) is 0 Å². The van der Waals surface area contributed by atoms with E-state index in [4.69, 9.17) is 15.2 Å². The Morgan fingerprint density at radius 3 is 2.48 bits per heavy atom. The molecule has 2 aliphatic rings. The Morgan fingerprint density at radius 2 is 1.83 bits per heavy atom. The van der Waals surface area contributed by atoms with Gasteiger partial charge >= 0.3 is 0 Å². The minimum Gasteiger partial charge on any atom is -0.381 e. The van der Waals surface area contributed by atoms with Crippen LogP contribution in [-0.4, -0.2) is 48.6 Å². The molecule has 0 bridgehead atoms. The molecule has 0 aromatic carbocycles. The van der Waals surface area contributed by atoms with E-state index >= 15 is 0 Å². The molecule has 1 atom stereocenters. The average Bonchev–Trinajstić information content (AvgIpc) is 3.04. The van der Waals surface area contributed by atoms with Crippen molar-refractivity contribution < 1.29 is 14.3 Å². The molecule has 0 saturated carbocycles. The molecule has 0 radical (unpaired) electrons. The summed E-state index contributed by atoms with van der Waals surface area (Å²) in [5.41, 5.74) is 7.12. The van der Waals surface area contributed by atoms with Crippen LogP contribution in [0.1, 0.15) is 37.3 Å². The number of H-pyrrole nitrogens is 1. The summed E-state index contributed by atoms with van der Waals surface area (Å²) in [6.45, 7) is 2.92. The molecule has 23 heavy (non-hydrogen) atoms. The minimum absolute atomic E-state index is 0. The number of carbonyl (C=O) groups is 1. The number of nitrogens with one attached hydrogen (secondary N) is 2. The van der Waals surface area contributed by atoms with Crippen LogP contribution in [0.4, 0.5) is 5.82 Å². The number of rotatable bonds is 4. The molecule has 1 unspecified atom stereocenters. The van der Waals surface area contributed by atoms with Gasteiger partial charge in [-0.25, -0.2) is 0 Å². The number of ether oxygens (including phenoxy) is 2. The number of aromatic nitrogens is 2. The lowest BCUT2D eigenvalue weighted by atomic mass is 9.92. The third kappa shape index (κ3) is 4.67. The summed E-state index contributed by atoms with van der Waals surface area (Å²) >= 11 is 0. The first-order valence-corrected chi connectivity index (χ1v) is 8.01. The highest BCUT2D eigenvalue weighted by Crippen LogP contribution is 2.26. The third-order valence-corrected chi connectivity index (χ3v) is 4.59. The van der Waals surface area contributed by atoms with Crippen LogP contribution >= 0.6 is 12.4 Å². The topological polar surface area (TPSA) is 102 Å². The molecule has 7 nitrogen and oxygen atoms in total. The fraction of sp³-hybridized carbons (Fsp3) is 0.733. The number of anilines is 1. The Hall–Kier alpha value is -1.15. The maximum absolute atomic E-state index is 12.2. The molecule has 2 saturated heterocycles. The van der Waals surface area contributed by atoms with Crippen molar-refractivity contribution in [2.24, 2.45) is 11.7 Å². The van der Waals surface area contributed by atoms with E-state index in [1.807, 2.05) is 6.07 Å². The van der Waals surface area contributed by atoms with Crippen LogP contribution in [0.3, 0.4) is 0 Å². The zero-order chi connectivity index (χ0) is 15.4. The first kappa shape index (κ1) is 18.2. The van der Waals surface area contributed by atoms with Crippen LogP contribution in [0.15, 0.2) is 6.07 Å². The van der Waals surface area contributed by atoms with E-state index in [-0.39, 0.29) is 24.2 Å². The minimum atomic E-state index is -0.507. The van der Waals surface area contributed by atoms with Crippen LogP contribution in [0.2, 0.25) is 0 Å². The van der Waals surface area contributed by atoms with Crippen LogP contribution in [0, 0.1) is 5.92 Å². The summed E-state index contributed by atoms with van der Waals surface area (Å²) in [5.74, 6) is 0.990. The van der Waals surface area contributed by atoms with Crippen LogP contribution in [0.25, 0.3) is 0 Å². The molecule has 0 spiro atoms. The Balaban J connectivity index is 0.00000192. The van der Waals surface area contributed by atoms with Crippen LogP contribution < -0.4 is 11.1 Å². The molecule has 2 fully saturated rings. The highest BCUT2D eigenvalue weighted by molar-refractivity contribution is 5.94. The number of nitrogens with two attached hydrogens (primary N) is 1. The molecule has 2 aliphatic heterocycles. The zero-order valence-electron chi connectivity index (χ0n) is 13.1. The summed E-state index contributed by atoms with van der Waals surface area (Å²) in [6, 6.07) is 1.40. The lowest BCUT2D eigenvalue weighted by Crippen LogP contribution is -2.44. The van der Waals surface area contributed by atoms with E-state index < -0.39 is 6.04 Å². The standard InChI is InChI=1S/C15H24N4O3.ClH/c16-14(11-3-7-22-8-4-11)15(20)17-13-9-12(18-19-13)10-1-5-21-6-2-10;/h9-11,14H,1-8,16H2,(H2,17,18,19,20);1H. The zero-order valence-corrected chi connectivity index (χ0v) is 13.9. The van der Waals surface area contributed by atoms with Gasteiger partial charge in [0.15, 0.2) is 5.82 Å². The van der Waals surface area contributed by atoms with Gasteiger partial charge in [-0.1, -0.05) is 0 Å². The highest BCUT2D eigenvalue weighted by atomic mass is 35.5. The van der Waals surface area contributed by atoms with Crippen molar-refractivity contribution in [1.82, 2.24) is 10.2 Å². The summed E-state index contributed by atoms with van der Waals surface area (Å²) in [7, 11) is 0. The maximum Gasteiger partial charge on any atom is 0.242 e. The Labute approximate surface area is 142 Å². The number of hydrogen-bond donors (Lipinski definition) is 3. The molecule has 3 rings (SSSR count). The van der Waals surface area contributed by atoms with Crippen molar-refractivity contribution in [2.75, 3.05) is 31.7 Å². The first-order chi connectivity index (χ1) is 10.7. The molecule has 3 heterocycles. The lowest BCUT2D eigenvalue weighted by Gasteiger charge is -2.26. The SMILES string of the molecule is Cl.NC(C(=O)Nc1cc(C2CCOCC2)[nH]n1)C1CCOCC1. The van der Waals surface area contributed by atoms with Gasteiger partial charge in [0.2, 0.25) is 5.91 Å². The molecule has 1 aromatic heterocycles. The quantitative estimate of drug-likeness (QED) is 0.766. The van der Waals surface area contributed by atoms with Gasteiger partial charge in [-0.15, -0.1) is 12.4 Å². The normalized spacial score (nSPS) is 21.4. The van der Waals surface area contributed by atoms with Crippen molar-refractivity contribution >= 4 is 24.1 Å². The van der Waals surface area contributed by atoms with E-state index in [1.54, 1.807) is 0 Å². The van der Waals surface area contributed by atoms with Crippen LogP contribution in [0.5, 0.6) is 0 Å². The average molecular weight is 345 g/mol. The van der Waals surface area contributed by atoms with Crippen molar-refractivity contribution in [3.05, 3.63) is 11.8 Å². The predicted molar refractivity (Wildman–Crippen MR) is 88.8 cm³/mol. The van der Waals surface area contributed by atoms with Gasteiger partial charge < -0.3 is 20.5 Å². The number of nitrogens with zero attached hydrogens (tertiary/aromatic N) is 1. The number of halogens is 1. The van der Waals surface area contributed by atoms with Gasteiger partial charge in [0.25, 0.3) is 0 Å². The summed E-state index contributed by atoms with van der Waals surface area (Å²) < 4.78 is 10.7. The predicted octanol–water partition coefficient (Wildman–Crippen LogP) is 1.42. The Bertz CT molecular complexity index is 499. The molecular weight excluding hydrogens is 320 g/mol. The lowest BCUT2D eigenvalue weighted by molar-refractivity contribution is -0.119. The largest absolute Gasteiger partial charge is 0.381 e. The van der Waals surface area contributed by atoms with Crippen molar-refractivity contribution in [1.29, 1.82) is 0 Å². The molecule has 4 N–H and O–H groups in total. The van der Waals surface area contributed by atoms with E-state index in [2.05, 4.69) is 15.5 Å². The molecule has 1 aromatic rings. The monoisotopic (exact) mass is 344 g/mol. The number of hydrogen-bond acceptors (Lipinski definition) is 5. The van der Waals surface area contributed by atoms with Gasteiger partial charge in [0.1, 0.15) is 0 Å². The number of aromatic amines is 1. The second-order valence-electron chi connectivity index (χ2n) is 6.06. The van der Waals surface area contributed by atoms with Crippen molar-refractivity contribution in [3.8, 4) is 0 Å². The summed E-state index contributed by atoms with van der Waals surface area (Å²) in [4.78, 5) is 12.2. The molecule has 8 heteroatoms. The Kier molecular flexibility index (Phi) is 6.83. The molecule has 130 valence electrons. The fourth-order valence-electron chi connectivity index (χ4n) is 3.12. The van der Waals surface area contributed by atoms with E-state index in [9.17, 15) is 4.79 Å². The van der Waals surface area contributed by atoms with Gasteiger partial charge in [-0.3, -0.25) is 9.89 Å². The fourth-order valence-corrected chi connectivity index (χ4v) is 3.12. The van der Waals surface area contributed by atoms with Crippen LogP contribution in [-0.2, 0) is 14.3 Å². The maximum atomic E-state index is 12.2. The molecule has 0 aliphatic carbocycles. The van der Waals surface area contributed by atoms with Gasteiger partial charge in [0, 0.05) is 44.1 Å². The second-order valence-corrected chi connectivity index (χ2v) is 6.06. The second kappa shape index (κ2) is 8.63. The number of carbonyl (C=O) groups excluding carboxylic acids is 1. The smallest absolute Gasteiger partial charge is 0.242 e. The van der Waals surface area contributed by atoms with E-state index in [0.29, 0.717) is 24.9 Å². The third-order valence-electron chi connectivity index (χ3n) is 4.59. The summed E-state index contributed by atoms with van der Waals surface area (Å²) in [5, 5.41) is 10.0. The van der Waals surface area contributed by atoms with Gasteiger partial charge in [0.05, 0.1) is 6.04 Å². The van der Waals surface area contributed by atoms with Gasteiger partial charge in [-0.05, 0) is 31.6 Å². The molecular formula is C15H25ClN4O3. The Morgan fingerprint density at radius 1 is 1.22 bits per heavy atom. The van der Waals surface area contributed by atoms with Gasteiger partial charge in [-0.2, -0.15) is 5.10 Å². The number of amides is 1. The summed E-state index contributed by atoms with van der Waals surface area (Å²) in [6.07, 6.45) is 3.64.